The molecule has 2 saturated carbocycles. The smallest absolute Gasteiger partial charge is 0.136 e. The van der Waals surface area contributed by atoms with Gasteiger partial charge in [0.2, 0.25) is 0 Å². The number of rotatable bonds is 18. The molecule has 1 aromatic rings. The summed E-state index contributed by atoms with van der Waals surface area (Å²) in [6.07, 6.45) is 23.9. The van der Waals surface area contributed by atoms with Gasteiger partial charge in [0.25, 0.3) is 0 Å². The van der Waals surface area contributed by atoms with Gasteiger partial charge in [0, 0.05) is 35.4 Å². The predicted octanol–water partition coefficient (Wildman–Crippen LogP) is 16.0. The van der Waals surface area contributed by atoms with Crippen LogP contribution < -0.4 is 5.73 Å². The Bertz CT molecular complexity index is 1310. The van der Waals surface area contributed by atoms with Crippen molar-refractivity contribution < 1.29 is 4.39 Å². The number of halogens is 1. The fraction of sp³-hybridized carbons (Fsp3) is 0.620. The minimum Gasteiger partial charge on any atom is -0.399 e. The highest BCUT2D eigenvalue weighted by molar-refractivity contribution is 6.03. The monoisotopic (exact) mass is 731 g/mol. The highest BCUT2D eigenvalue weighted by Crippen LogP contribution is 2.51. The molecule has 0 aromatic heterocycles. The summed E-state index contributed by atoms with van der Waals surface area (Å²) in [6, 6.07) is 7.62. The zero-order valence-electron chi connectivity index (χ0n) is 34.9. The summed E-state index contributed by atoms with van der Waals surface area (Å²) in [5.74, 6) is 4.54. The number of alkyl halides is 1. The van der Waals surface area contributed by atoms with Crippen molar-refractivity contribution in [3.05, 3.63) is 103 Å². The molecule has 6 atom stereocenters. The van der Waals surface area contributed by atoms with Crippen molar-refractivity contribution in [1.82, 2.24) is 0 Å². The highest BCUT2D eigenvalue weighted by atomic mass is 19.1. The summed E-state index contributed by atoms with van der Waals surface area (Å²) in [6.45, 7) is 33.1. The van der Waals surface area contributed by atoms with Crippen LogP contribution in [0.5, 0.6) is 0 Å². The van der Waals surface area contributed by atoms with Gasteiger partial charge in [-0.25, -0.2) is 4.39 Å². The van der Waals surface area contributed by atoms with Crippen molar-refractivity contribution in [3.63, 3.8) is 0 Å². The highest BCUT2D eigenvalue weighted by Gasteiger charge is 2.41. The molecule has 300 valence electrons. The number of allylic oxidation sites excluding steroid dienone is 6. The molecule has 0 radical (unpaired) electrons. The summed E-state index contributed by atoms with van der Waals surface area (Å²) in [4.78, 5) is 0. The first-order chi connectivity index (χ1) is 25.0. The summed E-state index contributed by atoms with van der Waals surface area (Å²) in [5.41, 5.74) is 11.2. The fourth-order valence-corrected chi connectivity index (χ4v) is 9.10. The lowest BCUT2D eigenvalue weighted by Crippen LogP contribution is -2.24. The Morgan fingerprint density at radius 2 is 1.55 bits per heavy atom. The van der Waals surface area contributed by atoms with Gasteiger partial charge in [-0.15, -0.1) is 13.2 Å². The van der Waals surface area contributed by atoms with Crippen LogP contribution in [-0.2, 0) is 0 Å². The molecular weight excluding hydrogens is 648 g/mol. The molecule has 1 aromatic carbocycles. The van der Waals surface area contributed by atoms with E-state index in [1.807, 2.05) is 64.1 Å². The zero-order valence-corrected chi connectivity index (χ0v) is 34.9. The Kier molecular flexibility index (Phi) is 25.3. The van der Waals surface area contributed by atoms with E-state index in [4.69, 9.17) is 11.1 Å². The van der Waals surface area contributed by atoms with Crippen LogP contribution in [-0.4, -0.2) is 11.4 Å². The maximum Gasteiger partial charge on any atom is 0.136 e. The third-order valence-corrected chi connectivity index (χ3v) is 11.8. The van der Waals surface area contributed by atoms with Crippen LogP contribution in [0.1, 0.15) is 176 Å². The van der Waals surface area contributed by atoms with Gasteiger partial charge in [-0.2, -0.15) is 0 Å². The average molecular weight is 731 g/mol. The number of hydrogen-bond acceptors (Lipinski definition) is 2. The van der Waals surface area contributed by atoms with Gasteiger partial charge < -0.3 is 11.1 Å². The molecule has 2 fully saturated rings. The predicted molar refractivity (Wildman–Crippen MR) is 238 cm³/mol. The topological polar surface area (TPSA) is 49.9 Å². The second-order valence-electron chi connectivity index (χ2n) is 15.2. The zero-order chi connectivity index (χ0) is 39.3. The maximum absolute atomic E-state index is 15.6. The van der Waals surface area contributed by atoms with Crippen LogP contribution in [0.3, 0.4) is 0 Å². The van der Waals surface area contributed by atoms with Crippen molar-refractivity contribution in [1.29, 1.82) is 5.41 Å². The summed E-state index contributed by atoms with van der Waals surface area (Å²) < 4.78 is 15.6. The minimum atomic E-state index is -1.42. The molecule has 3 aliphatic rings. The van der Waals surface area contributed by atoms with Crippen LogP contribution in [0.4, 0.5) is 4.39 Å². The molecule has 0 amide bonds. The van der Waals surface area contributed by atoms with Gasteiger partial charge in [-0.1, -0.05) is 168 Å². The van der Waals surface area contributed by atoms with Crippen LogP contribution in [0.15, 0.2) is 91.6 Å². The number of unbranched alkanes of at least 4 members (excludes halogenated alkanes) is 4. The molecular formula is C50H83FN2. The number of nitrogens with two attached hydrogens (primary N) is 1. The molecule has 53 heavy (non-hydrogen) atoms. The largest absolute Gasteiger partial charge is 0.399 e. The lowest BCUT2D eigenvalue weighted by atomic mass is 9.74. The van der Waals surface area contributed by atoms with E-state index in [0.717, 1.165) is 64.7 Å². The van der Waals surface area contributed by atoms with Gasteiger partial charge in [0.05, 0.1) is 0 Å². The Labute approximate surface area is 329 Å². The van der Waals surface area contributed by atoms with Crippen molar-refractivity contribution in [2.45, 2.75) is 171 Å². The second kappa shape index (κ2) is 26.8. The van der Waals surface area contributed by atoms with E-state index in [9.17, 15) is 0 Å². The molecule has 0 aliphatic heterocycles. The van der Waals surface area contributed by atoms with Crippen LogP contribution in [0, 0.1) is 35.0 Å². The third-order valence-electron chi connectivity index (χ3n) is 11.8. The van der Waals surface area contributed by atoms with Crippen molar-refractivity contribution >= 4 is 11.4 Å². The fourth-order valence-electron chi connectivity index (χ4n) is 9.10. The van der Waals surface area contributed by atoms with Gasteiger partial charge >= 0.3 is 0 Å². The third kappa shape index (κ3) is 15.4. The Morgan fingerprint density at radius 3 is 2.17 bits per heavy atom. The van der Waals surface area contributed by atoms with Gasteiger partial charge in [-0.05, 0) is 91.8 Å². The molecule has 2 nitrogen and oxygen atoms in total. The first-order valence-corrected chi connectivity index (χ1v) is 21.1. The van der Waals surface area contributed by atoms with E-state index in [0.29, 0.717) is 29.8 Å². The SMILES string of the molecule is C.C=C.C=C1CC(CC(CC)CCCCCCCC(=C)C2=CC(CC(=N)c3ccccc3C(=C)N)=CCC2(C)F)C(C2CCCC2CC)C1.CC.CC. The summed E-state index contributed by atoms with van der Waals surface area (Å²) in [5, 5.41) is 8.74. The van der Waals surface area contributed by atoms with E-state index < -0.39 is 5.67 Å². The quantitative estimate of drug-likeness (QED) is 0.0882. The van der Waals surface area contributed by atoms with Crippen LogP contribution in [0.2, 0.25) is 0 Å². The first kappa shape index (κ1) is 50.1. The Balaban J connectivity index is 0.00000367. The van der Waals surface area contributed by atoms with Gasteiger partial charge in [0.1, 0.15) is 5.67 Å². The molecule has 0 spiro atoms. The molecule has 3 aliphatic carbocycles. The first-order valence-electron chi connectivity index (χ1n) is 21.1. The molecule has 4 rings (SSSR count). The molecule has 3 N–H and O–H groups in total. The van der Waals surface area contributed by atoms with E-state index in [1.54, 1.807) is 6.92 Å². The molecule has 6 unspecified atom stereocenters. The van der Waals surface area contributed by atoms with E-state index >= 15 is 4.39 Å². The number of hydrogen-bond donors (Lipinski definition) is 2. The molecule has 0 heterocycles. The Hall–Kier alpha value is -2.94. The van der Waals surface area contributed by atoms with Gasteiger partial charge in [0.15, 0.2) is 0 Å². The maximum atomic E-state index is 15.6. The molecule has 0 saturated heterocycles. The normalized spacial score (nSPS) is 23.7. The van der Waals surface area contributed by atoms with Crippen molar-refractivity contribution in [2.24, 2.45) is 35.3 Å². The summed E-state index contributed by atoms with van der Waals surface area (Å²) in [7, 11) is 0. The van der Waals surface area contributed by atoms with E-state index in [2.05, 4.69) is 46.7 Å². The Morgan fingerprint density at radius 1 is 0.925 bits per heavy atom. The molecule has 0 bridgehead atoms. The molecule has 3 heteroatoms. The van der Waals surface area contributed by atoms with Crippen molar-refractivity contribution in [2.75, 3.05) is 0 Å². The van der Waals surface area contributed by atoms with Crippen LogP contribution in [0.25, 0.3) is 5.70 Å². The summed E-state index contributed by atoms with van der Waals surface area (Å²) >= 11 is 0. The average Bonchev–Trinajstić information content (AvgIpc) is 3.79. The van der Waals surface area contributed by atoms with Crippen LogP contribution >= 0.6 is 0 Å². The van der Waals surface area contributed by atoms with E-state index in [-0.39, 0.29) is 7.43 Å². The van der Waals surface area contributed by atoms with Gasteiger partial charge in [-0.3, -0.25) is 0 Å². The number of benzene rings is 1. The second-order valence-corrected chi connectivity index (χ2v) is 15.2. The number of nitrogens with one attached hydrogen (secondary N) is 1. The standard InChI is InChI=1S/C43H63FN2.2C2H6.C2H4.CH4/c1-7-33(27-36-25-30(3)26-40(36)38-22-16-19-35(38)8-2)18-13-11-9-10-12-17-31(4)41-28-34(23-24-43(41,6)44)29-42(46)39-21-15-14-20-37(39)32(5)45;3*1-2;/h14-15,20-21,23,28,33,35-36,38,40,46H,3-5,7-13,16-19,22,24-27,29,45H2,1-2,6H3;2*1-2H3;1-2H2;1H4. The minimum absolute atomic E-state index is 0. The lowest BCUT2D eigenvalue weighted by molar-refractivity contribution is 0.177. The van der Waals surface area contributed by atoms with E-state index in [1.165, 1.54) is 89.0 Å². The van der Waals surface area contributed by atoms with Crippen molar-refractivity contribution in [3.8, 4) is 0 Å². The lowest BCUT2D eigenvalue weighted by Gasteiger charge is -2.31.